The van der Waals surface area contributed by atoms with Gasteiger partial charge in [-0.1, -0.05) is 19.8 Å². The number of likely N-dealkylation sites (tertiary alicyclic amines) is 1. The Labute approximate surface area is 107 Å². The predicted octanol–water partition coefficient (Wildman–Crippen LogP) is 3.03. The number of hydrogen-bond acceptors (Lipinski definition) is 2. The summed E-state index contributed by atoms with van der Waals surface area (Å²) in [6.07, 6.45) is 11.4. The maximum Gasteiger partial charge on any atom is 0.00926 e. The van der Waals surface area contributed by atoms with Gasteiger partial charge >= 0.3 is 0 Å². The molecule has 2 heterocycles. The van der Waals surface area contributed by atoms with Crippen molar-refractivity contribution in [3.8, 4) is 0 Å². The quantitative estimate of drug-likeness (QED) is 0.810. The van der Waals surface area contributed by atoms with Gasteiger partial charge in [-0.05, 0) is 70.6 Å². The van der Waals surface area contributed by atoms with Crippen LogP contribution in [0.2, 0.25) is 0 Å². The van der Waals surface area contributed by atoms with Crippen molar-refractivity contribution in [3.63, 3.8) is 0 Å². The summed E-state index contributed by atoms with van der Waals surface area (Å²) in [4.78, 5) is 2.79. The van der Waals surface area contributed by atoms with Gasteiger partial charge in [0.1, 0.15) is 0 Å². The highest BCUT2D eigenvalue weighted by Crippen LogP contribution is 2.21. The van der Waals surface area contributed by atoms with Crippen LogP contribution in [-0.4, -0.2) is 37.1 Å². The molecule has 17 heavy (non-hydrogen) atoms. The van der Waals surface area contributed by atoms with Crippen LogP contribution in [-0.2, 0) is 0 Å². The van der Waals surface area contributed by atoms with Crippen LogP contribution in [0.1, 0.15) is 58.3 Å². The predicted molar refractivity (Wildman–Crippen MR) is 74.3 cm³/mol. The molecule has 2 atom stereocenters. The van der Waals surface area contributed by atoms with Gasteiger partial charge in [0.25, 0.3) is 0 Å². The van der Waals surface area contributed by atoms with E-state index < -0.39 is 0 Å². The van der Waals surface area contributed by atoms with Gasteiger partial charge in [0.2, 0.25) is 0 Å². The first-order valence-corrected chi connectivity index (χ1v) is 7.85. The fourth-order valence-corrected chi connectivity index (χ4v) is 3.51. The lowest BCUT2D eigenvalue weighted by atomic mass is 9.95. The second-order valence-electron chi connectivity index (χ2n) is 5.95. The molecule has 2 saturated heterocycles. The van der Waals surface area contributed by atoms with E-state index in [0.29, 0.717) is 0 Å². The fourth-order valence-electron chi connectivity index (χ4n) is 3.51. The van der Waals surface area contributed by atoms with E-state index in [2.05, 4.69) is 17.1 Å². The van der Waals surface area contributed by atoms with Gasteiger partial charge < -0.3 is 10.2 Å². The molecule has 2 aliphatic rings. The van der Waals surface area contributed by atoms with Crippen LogP contribution in [0.4, 0.5) is 0 Å². The molecule has 2 nitrogen and oxygen atoms in total. The summed E-state index contributed by atoms with van der Waals surface area (Å²) in [6, 6.07) is 0.883. The van der Waals surface area contributed by atoms with E-state index in [0.717, 1.165) is 12.0 Å². The Kier molecular flexibility index (Phi) is 5.79. The van der Waals surface area contributed by atoms with Crippen LogP contribution in [0.25, 0.3) is 0 Å². The maximum atomic E-state index is 3.54. The van der Waals surface area contributed by atoms with E-state index >= 15 is 0 Å². The summed E-state index contributed by atoms with van der Waals surface area (Å²) in [5.41, 5.74) is 0. The Morgan fingerprint density at radius 2 is 2.06 bits per heavy atom. The SMILES string of the molecule is CCC1CCCCCN1CCC1CCCNC1. The van der Waals surface area contributed by atoms with E-state index in [9.17, 15) is 0 Å². The van der Waals surface area contributed by atoms with E-state index in [1.807, 2.05) is 0 Å². The lowest BCUT2D eigenvalue weighted by molar-refractivity contribution is 0.175. The molecule has 2 heteroatoms. The molecule has 100 valence electrons. The van der Waals surface area contributed by atoms with Crippen molar-refractivity contribution in [1.29, 1.82) is 0 Å². The third-order valence-electron chi connectivity index (χ3n) is 4.69. The van der Waals surface area contributed by atoms with Crippen LogP contribution < -0.4 is 5.32 Å². The summed E-state index contributed by atoms with van der Waals surface area (Å²) in [5.74, 6) is 0.949. The number of hydrogen-bond donors (Lipinski definition) is 1. The molecule has 0 aromatic heterocycles. The Morgan fingerprint density at radius 3 is 2.82 bits per heavy atom. The summed E-state index contributed by atoms with van der Waals surface area (Å²) >= 11 is 0. The first-order chi connectivity index (χ1) is 8.40. The first kappa shape index (κ1) is 13.4. The zero-order chi connectivity index (χ0) is 11.9. The topological polar surface area (TPSA) is 15.3 Å². The minimum absolute atomic E-state index is 0.883. The van der Waals surface area contributed by atoms with Gasteiger partial charge in [-0.3, -0.25) is 0 Å². The molecule has 0 aromatic rings. The third-order valence-corrected chi connectivity index (χ3v) is 4.69. The van der Waals surface area contributed by atoms with Crippen molar-refractivity contribution in [3.05, 3.63) is 0 Å². The van der Waals surface area contributed by atoms with Crippen LogP contribution in [0.3, 0.4) is 0 Å². The van der Waals surface area contributed by atoms with Crippen LogP contribution in [0, 0.1) is 5.92 Å². The summed E-state index contributed by atoms with van der Waals surface area (Å²) in [5, 5.41) is 3.54. The van der Waals surface area contributed by atoms with E-state index in [-0.39, 0.29) is 0 Å². The minimum atomic E-state index is 0.883. The van der Waals surface area contributed by atoms with Crippen molar-refractivity contribution in [1.82, 2.24) is 10.2 Å². The van der Waals surface area contributed by atoms with Gasteiger partial charge in [0.15, 0.2) is 0 Å². The Bertz CT molecular complexity index is 199. The van der Waals surface area contributed by atoms with Crippen LogP contribution in [0.15, 0.2) is 0 Å². The molecule has 2 fully saturated rings. The largest absolute Gasteiger partial charge is 0.316 e. The lowest BCUT2D eigenvalue weighted by Crippen LogP contribution is -2.38. The van der Waals surface area contributed by atoms with Crippen molar-refractivity contribution < 1.29 is 0 Å². The standard InChI is InChI=1S/C15H30N2/c1-2-15-8-4-3-5-11-17(15)12-9-14-7-6-10-16-13-14/h14-16H,2-13H2,1H3. The smallest absolute Gasteiger partial charge is 0.00926 e. The van der Waals surface area contributed by atoms with E-state index in [1.54, 1.807) is 0 Å². The van der Waals surface area contributed by atoms with Crippen molar-refractivity contribution in [2.45, 2.75) is 64.3 Å². The molecule has 0 spiro atoms. The molecule has 2 unspecified atom stereocenters. The highest BCUT2D eigenvalue weighted by molar-refractivity contribution is 4.77. The lowest BCUT2D eigenvalue weighted by Gasteiger charge is -2.31. The maximum absolute atomic E-state index is 3.54. The Morgan fingerprint density at radius 1 is 1.12 bits per heavy atom. The Hall–Kier alpha value is -0.0800. The minimum Gasteiger partial charge on any atom is -0.316 e. The van der Waals surface area contributed by atoms with Gasteiger partial charge in [-0.25, -0.2) is 0 Å². The first-order valence-electron chi connectivity index (χ1n) is 7.85. The van der Waals surface area contributed by atoms with E-state index in [4.69, 9.17) is 0 Å². The molecule has 0 radical (unpaired) electrons. The van der Waals surface area contributed by atoms with Gasteiger partial charge in [-0.2, -0.15) is 0 Å². The second-order valence-corrected chi connectivity index (χ2v) is 5.95. The van der Waals surface area contributed by atoms with Crippen molar-refractivity contribution in [2.24, 2.45) is 5.92 Å². The van der Waals surface area contributed by atoms with Crippen molar-refractivity contribution in [2.75, 3.05) is 26.2 Å². The summed E-state index contributed by atoms with van der Waals surface area (Å²) in [6.45, 7) is 7.59. The van der Waals surface area contributed by atoms with Gasteiger partial charge in [0, 0.05) is 6.04 Å². The highest BCUT2D eigenvalue weighted by atomic mass is 15.2. The monoisotopic (exact) mass is 238 g/mol. The highest BCUT2D eigenvalue weighted by Gasteiger charge is 2.21. The number of piperidine rings is 1. The number of rotatable bonds is 4. The molecule has 0 amide bonds. The van der Waals surface area contributed by atoms with Gasteiger partial charge in [-0.15, -0.1) is 0 Å². The molecular formula is C15H30N2. The molecule has 0 aliphatic carbocycles. The third kappa shape index (κ3) is 4.26. The van der Waals surface area contributed by atoms with Crippen LogP contribution >= 0.6 is 0 Å². The average Bonchev–Trinajstić information content (AvgIpc) is 2.62. The van der Waals surface area contributed by atoms with E-state index in [1.165, 1.54) is 77.5 Å². The molecule has 0 bridgehead atoms. The molecule has 0 aromatic carbocycles. The summed E-state index contributed by atoms with van der Waals surface area (Å²) < 4.78 is 0. The Balaban J connectivity index is 1.74. The van der Waals surface area contributed by atoms with Crippen molar-refractivity contribution >= 4 is 0 Å². The number of nitrogens with one attached hydrogen (secondary N) is 1. The second kappa shape index (κ2) is 7.38. The van der Waals surface area contributed by atoms with Gasteiger partial charge in [0.05, 0.1) is 0 Å². The summed E-state index contributed by atoms with van der Waals surface area (Å²) in [7, 11) is 0. The molecule has 2 rings (SSSR count). The molecule has 2 aliphatic heterocycles. The zero-order valence-electron chi connectivity index (χ0n) is 11.6. The van der Waals surface area contributed by atoms with Crippen LogP contribution in [0.5, 0.6) is 0 Å². The molecule has 1 N–H and O–H groups in total. The molecular weight excluding hydrogens is 208 g/mol. The zero-order valence-corrected chi connectivity index (χ0v) is 11.6. The molecule has 0 saturated carbocycles. The normalized spacial score (nSPS) is 32.3. The average molecular weight is 238 g/mol. The number of nitrogens with zero attached hydrogens (tertiary/aromatic N) is 1. The fraction of sp³-hybridized carbons (Fsp3) is 1.00.